The SMILES string of the molecule is CC(C(=O)O)c1cc2cc(C(=O)NCCCNc3ccccn3)ccc2o1. The van der Waals surface area contributed by atoms with Crippen molar-refractivity contribution < 1.29 is 19.1 Å². The maximum atomic E-state index is 12.3. The number of furan rings is 1. The predicted molar refractivity (Wildman–Crippen MR) is 102 cm³/mol. The van der Waals surface area contributed by atoms with Crippen LogP contribution in [0.15, 0.2) is 53.1 Å². The van der Waals surface area contributed by atoms with Crippen LogP contribution in [0.4, 0.5) is 5.82 Å². The summed E-state index contributed by atoms with van der Waals surface area (Å²) in [6, 6.07) is 12.4. The predicted octanol–water partition coefficient (Wildman–Crippen LogP) is 3.25. The molecule has 1 unspecified atom stereocenters. The highest BCUT2D eigenvalue weighted by Gasteiger charge is 2.19. The fraction of sp³-hybridized carbons (Fsp3) is 0.250. The standard InChI is InChI=1S/C20H21N3O4/c1-13(20(25)26)17-12-15-11-14(6-7-16(15)27-17)19(24)23-10-4-9-22-18-5-2-3-8-21-18/h2-3,5-8,11-13H,4,9-10H2,1H3,(H,21,22)(H,23,24)(H,25,26). The number of nitrogens with one attached hydrogen (secondary N) is 2. The molecule has 2 aromatic heterocycles. The third kappa shape index (κ3) is 4.63. The van der Waals surface area contributed by atoms with Crippen molar-refractivity contribution in [1.82, 2.24) is 10.3 Å². The molecule has 0 saturated carbocycles. The van der Waals surface area contributed by atoms with Crippen LogP contribution in [0.25, 0.3) is 11.0 Å². The van der Waals surface area contributed by atoms with E-state index in [1.54, 1.807) is 37.4 Å². The molecular formula is C20H21N3O4. The van der Waals surface area contributed by atoms with Gasteiger partial charge in [0, 0.05) is 30.2 Å². The Morgan fingerprint density at radius 3 is 2.78 bits per heavy atom. The lowest BCUT2D eigenvalue weighted by Crippen LogP contribution is -2.25. The minimum atomic E-state index is -0.952. The van der Waals surface area contributed by atoms with Gasteiger partial charge in [-0.2, -0.15) is 0 Å². The second-order valence-electron chi connectivity index (χ2n) is 6.21. The van der Waals surface area contributed by atoms with Crippen molar-refractivity contribution in [3.63, 3.8) is 0 Å². The van der Waals surface area contributed by atoms with Gasteiger partial charge in [0.25, 0.3) is 5.91 Å². The molecular weight excluding hydrogens is 346 g/mol. The zero-order valence-corrected chi connectivity index (χ0v) is 14.9. The normalized spacial score (nSPS) is 11.9. The van der Waals surface area contributed by atoms with Crippen molar-refractivity contribution >= 4 is 28.7 Å². The molecule has 2 heterocycles. The highest BCUT2D eigenvalue weighted by atomic mass is 16.4. The second kappa shape index (κ2) is 8.35. The first-order valence-electron chi connectivity index (χ1n) is 8.74. The number of fused-ring (bicyclic) bond motifs is 1. The van der Waals surface area contributed by atoms with Crippen molar-refractivity contribution in [2.45, 2.75) is 19.3 Å². The molecule has 0 radical (unpaired) electrons. The van der Waals surface area contributed by atoms with E-state index < -0.39 is 11.9 Å². The number of nitrogens with zero attached hydrogens (tertiary/aromatic N) is 1. The molecule has 7 heteroatoms. The van der Waals surface area contributed by atoms with E-state index in [-0.39, 0.29) is 5.91 Å². The van der Waals surface area contributed by atoms with Gasteiger partial charge < -0.3 is 20.2 Å². The third-order valence-electron chi connectivity index (χ3n) is 4.20. The summed E-state index contributed by atoms with van der Waals surface area (Å²) in [4.78, 5) is 27.6. The number of aromatic nitrogens is 1. The first-order chi connectivity index (χ1) is 13.0. The minimum Gasteiger partial charge on any atom is -0.481 e. The summed E-state index contributed by atoms with van der Waals surface area (Å²) in [6.07, 6.45) is 2.48. The Bertz CT molecular complexity index is 937. The molecule has 0 aliphatic rings. The van der Waals surface area contributed by atoms with Crippen LogP contribution in [0.3, 0.4) is 0 Å². The molecule has 7 nitrogen and oxygen atoms in total. The molecule has 0 bridgehead atoms. The number of carbonyl (C=O) groups excluding carboxylic acids is 1. The fourth-order valence-corrected chi connectivity index (χ4v) is 2.62. The van der Waals surface area contributed by atoms with Crippen molar-refractivity contribution in [2.24, 2.45) is 0 Å². The number of amides is 1. The molecule has 1 amide bonds. The Morgan fingerprint density at radius 1 is 1.19 bits per heavy atom. The topological polar surface area (TPSA) is 104 Å². The summed E-state index contributed by atoms with van der Waals surface area (Å²) in [6.45, 7) is 2.80. The quantitative estimate of drug-likeness (QED) is 0.528. The summed E-state index contributed by atoms with van der Waals surface area (Å²) in [7, 11) is 0. The van der Waals surface area contributed by atoms with Gasteiger partial charge in [0.2, 0.25) is 0 Å². The van der Waals surface area contributed by atoms with Crippen LogP contribution in [-0.4, -0.2) is 35.1 Å². The minimum absolute atomic E-state index is 0.177. The van der Waals surface area contributed by atoms with E-state index in [2.05, 4.69) is 15.6 Å². The first kappa shape index (κ1) is 18.4. The molecule has 0 fully saturated rings. The Kier molecular flexibility index (Phi) is 5.71. The zero-order chi connectivity index (χ0) is 19.2. The summed E-state index contributed by atoms with van der Waals surface area (Å²) in [5.74, 6) is -0.687. The average Bonchev–Trinajstić information content (AvgIpc) is 3.10. The molecule has 3 aromatic rings. The number of pyridine rings is 1. The van der Waals surface area contributed by atoms with E-state index in [1.807, 2.05) is 18.2 Å². The van der Waals surface area contributed by atoms with Crippen molar-refractivity contribution in [3.05, 3.63) is 60.0 Å². The highest BCUT2D eigenvalue weighted by molar-refractivity contribution is 5.98. The van der Waals surface area contributed by atoms with Crippen LogP contribution in [0.2, 0.25) is 0 Å². The Balaban J connectivity index is 1.53. The van der Waals surface area contributed by atoms with E-state index in [1.165, 1.54) is 0 Å². The third-order valence-corrected chi connectivity index (χ3v) is 4.20. The Morgan fingerprint density at radius 2 is 2.04 bits per heavy atom. The van der Waals surface area contributed by atoms with Gasteiger partial charge in [-0.15, -0.1) is 0 Å². The van der Waals surface area contributed by atoms with Crippen molar-refractivity contribution in [3.8, 4) is 0 Å². The maximum Gasteiger partial charge on any atom is 0.313 e. The van der Waals surface area contributed by atoms with Gasteiger partial charge in [0.1, 0.15) is 23.1 Å². The van der Waals surface area contributed by atoms with E-state index in [0.29, 0.717) is 35.4 Å². The molecule has 140 valence electrons. The lowest BCUT2D eigenvalue weighted by atomic mass is 10.1. The summed E-state index contributed by atoms with van der Waals surface area (Å²) in [5.41, 5.74) is 1.07. The number of hydrogen-bond donors (Lipinski definition) is 3. The summed E-state index contributed by atoms with van der Waals surface area (Å²) in [5, 5.41) is 15.9. The molecule has 0 spiro atoms. The van der Waals surface area contributed by atoms with Gasteiger partial charge in [-0.25, -0.2) is 4.98 Å². The summed E-state index contributed by atoms with van der Waals surface area (Å²) < 4.78 is 5.55. The van der Waals surface area contributed by atoms with Crippen molar-refractivity contribution in [1.29, 1.82) is 0 Å². The van der Waals surface area contributed by atoms with Gasteiger partial charge in [0.05, 0.1) is 0 Å². The molecule has 0 aliphatic heterocycles. The molecule has 3 N–H and O–H groups in total. The molecule has 0 saturated heterocycles. The van der Waals surface area contributed by atoms with Crippen LogP contribution in [0, 0.1) is 0 Å². The van der Waals surface area contributed by atoms with Gasteiger partial charge in [-0.3, -0.25) is 9.59 Å². The lowest BCUT2D eigenvalue weighted by molar-refractivity contribution is -0.138. The van der Waals surface area contributed by atoms with E-state index in [4.69, 9.17) is 9.52 Å². The van der Waals surface area contributed by atoms with Crippen LogP contribution < -0.4 is 10.6 Å². The van der Waals surface area contributed by atoms with Gasteiger partial charge in [-0.1, -0.05) is 6.07 Å². The number of carboxylic acids is 1. The summed E-state index contributed by atoms with van der Waals surface area (Å²) >= 11 is 0. The first-order valence-corrected chi connectivity index (χ1v) is 8.74. The fourth-order valence-electron chi connectivity index (χ4n) is 2.62. The Hall–Kier alpha value is -3.35. The van der Waals surface area contributed by atoms with E-state index in [0.717, 1.165) is 12.2 Å². The van der Waals surface area contributed by atoms with Crippen molar-refractivity contribution in [2.75, 3.05) is 18.4 Å². The number of hydrogen-bond acceptors (Lipinski definition) is 5. The maximum absolute atomic E-state index is 12.3. The van der Waals surface area contributed by atoms with Crippen LogP contribution >= 0.6 is 0 Å². The van der Waals surface area contributed by atoms with Gasteiger partial charge in [0.15, 0.2) is 0 Å². The van der Waals surface area contributed by atoms with Gasteiger partial charge >= 0.3 is 5.97 Å². The second-order valence-corrected chi connectivity index (χ2v) is 6.21. The number of anilines is 1. The number of benzene rings is 1. The zero-order valence-electron chi connectivity index (χ0n) is 14.9. The molecule has 0 aliphatic carbocycles. The van der Waals surface area contributed by atoms with E-state index in [9.17, 15) is 9.59 Å². The molecule has 1 aromatic carbocycles. The van der Waals surface area contributed by atoms with Crippen LogP contribution in [-0.2, 0) is 4.79 Å². The molecule has 27 heavy (non-hydrogen) atoms. The molecule has 1 atom stereocenters. The molecule has 3 rings (SSSR count). The van der Waals surface area contributed by atoms with Crippen LogP contribution in [0.1, 0.15) is 35.4 Å². The number of rotatable bonds is 8. The average molecular weight is 367 g/mol. The largest absolute Gasteiger partial charge is 0.481 e. The number of carbonyl (C=O) groups is 2. The monoisotopic (exact) mass is 367 g/mol. The highest BCUT2D eigenvalue weighted by Crippen LogP contribution is 2.26. The van der Waals surface area contributed by atoms with Gasteiger partial charge in [-0.05, 0) is 49.7 Å². The van der Waals surface area contributed by atoms with E-state index >= 15 is 0 Å². The lowest BCUT2D eigenvalue weighted by Gasteiger charge is -2.07. The number of carboxylic acid groups (broad SMARTS) is 1. The van der Waals surface area contributed by atoms with Crippen LogP contribution in [0.5, 0.6) is 0 Å². The number of aliphatic carboxylic acids is 1. The smallest absolute Gasteiger partial charge is 0.313 e. The Labute approximate surface area is 156 Å².